The summed E-state index contributed by atoms with van der Waals surface area (Å²) in [5.74, 6) is 0.552. The standard InChI is InChI=1S/C20H17NO2/c22-17-10-7-16(8-11-17)21-13-15-6-9-18(23)12-19(15)20(21)14-4-2-1-3-5-14/h1-12,20,22-23H,13H2. The second-order valence-electron chi connectivity index (χ2n) is 5.84. The smallest absolute Gasteiger partial charge is 0.115 e. The first kappa shape index (κ1) is 13.7. The predicted molar refractivity (Wildman–Crippen MR) is 90.7 cm³/mol. The minimum Gasteiger partial charge on any atom is -0.508 e. The summed E-state index contributed by atoms with van der Waals surface area (Å²) in [5.41, 5.74) is 4.58. The van der Waals surface area contributed by atoms with Crippen molar-refractivity contribution in [3.05, 3.63) is 89.5 Å². The van der Waals surface area contributed by atoms with E-state index in [9.17, 15) is 10.2 Å². The van der Waals surface area contributed by atoms with Crippen molar-refractivity contribution in [1.29, 1.82) is 0 Å². The lowest BCUT2D eigenvalue weighted by Gasteiger charge is -2.28. The fourth-order valence-corrected chi connectivity index (χ4v) is 3.30. The highest BCUT2D eigenvalue weighted by Crippen LogP contribution is 2.42. The molecule has 2 N–H and O–H groups in total. The van der Waals surface area contributed by atoms with Crippen molar-refractivity contribution in [3.63, 3.8) is 0 Å². The fourth-order valence-electron chi connectivity index (χ4n) is 3.30. The van der Waals surface area contributed by atoms with Crippen LogP contribution in [0.2, 0.25) is 0 Å². The highest BCUT2D eigenvalue weighted by molar-refractivity contribution is 5.60. The third kappa shape index (κ3) is 2.40. The van der Waals surface area contributed by atoms with Crippen LogP contribution in [0.25, 0.3) is 0 Å². The van der Waals surface area contributed by atoms with E-state index in [1.54, 1.807) is 18.2 Å². The lowest BCUT2D eigenvalue weighted by molar-refractivity contribution is 0.474. The first-order chi connectivity index (χ1) is 11.2. The van der Waals surface area contributed by atoms with Crippen molar-refractivity contribution in [2.24, 2.45) is 0 Å². The molecule has 0 aliphatic carbocycles. The average Bonchev–Trinajstić information content (AvgIpc) is 2.95. The van der Waals surface area contributed by atoms with Gasteiger partial charge >= 0.3 is 0 Å². The van der Waals surface area contributed by atoms with Gasteiger partial charge in [0, 0.05) is 12.2 Å². The molecule has 0 bridgehead atoms. The number of hydrogen-bond acceptors (Lipinski definition) is 3. The minimum absolute atomic E-state index is 0.0582. The summed E-state index contributed by atoms with van der Waals surface area (Å²) < 4.78 is 0. The molecule has 0 fully saturated rings. The molecule has 23 heavy (non-hydrogen) atoms. The number of rotatable bonds is 2. The summed E-state index contributed by atoms with van der Waals surface area (Å²) in [5, 5.41) is 19.4. The second-order valence-corrected chi connectivity index (χ2v) is 5.84. The third-order valence-electron chi connectivity index (χ3n) is 4.37. The van der Waals surface area contributed by atoms with Crippen LogP contribution in [0.5, 0.6) is 11.5 Å². The Labute approximate surface area is 135 Å². The van der Waals surface area contributed by atoms with Crippen LogP contribution in [0.4, 0.5) is 5.69 Å². The SMILES string of the molecule is Oc1ccc(N2Cc3ccc(O)cc3C2c2ccccc2)cc1. The highest BCUT2D eigenvalue weighted by Gasteiger charge is 2.31. The van der Waals surface area contributed by atoms with E-state index < -0.39 is 0 Å². The van der Waals surface area contributed by atoms with Crippen LogP contribution in [0, 0.1) is 0 Å². The molecule has 0 saturated carbocycles. The van der Waals surface area contributed by atoms with Gasteiger partial charge in [0.15, 0.2) is 0 Å². The van der Waals surface area contributed by atoms with Crippen molar-refractivity contribution in [1.82, 2.24) is 0 Å². The number of hydrogen-bond donors (Lipinski definition) is 2. The molecule has 3 aromatic carbocycles. The van der Waals surface area contributed by atoms with Crippen LogP contribution >= 0.6 is 0 Å². The first-order valence-electron chi connectivity index (χ1n) is 7.65. The van der Waals surface area contributed by atoms with Crippen molar-refractivity contribution >= 4 is 5.69 Å². The van der Waals surface area contributed by atoms with Crippen molar-refractivity contribution in [3.8, 4) is 11.5 Å². The summed E-state index contributed by atoms with van der Waals surface area (Å²) >= 11 is 0. The lowest BCUT2D eigenvalue weighted by Crippen LogP contribution is -2.22. The van der Waals surface area contributed by atoms with E-state index in [0.717, 1.165) is 17.8 Å². The molecule has 3 aromatic rings. The van der Waals surface area contributed by atoms with E-state index in [-0.39, 0.29) is 17.5 Å². The molecule has 3 heteroatoms. The van der Waals surface area contributed by atoms with Gasteiger partial charge < -0.3 is 15.1 Å². The van der Waals surface area contributed by atoms with Crippen LogP contribution in [-0.4, -0.2) is 10.2 Å². The van der Waals surface area contributed by atoms with Gasteiger partial charge in [0.2, 0.25) is 0 Å². The maximum Gasteiger partial charge on any atom is 0.115 e. The van der Waals surface area contributed by atoms with Crippen LogP contribution in [0.3, 0.4) is 0 Å². The maximum absolute atomic E-state index is 9.90. The molecule has 1 atom stereocenters. The number of fused-ring (bicyclic) bond motifs is 1. The van der Waals surface area contributed by atoms with Gasteiger partial charge in [-0.25, -0.2) is 0 Å². The van der Waals surface area contributed by atoms with E-state index >= 15 is 0 Å². The molecular weight excluding hydrogens is 286 g/mol. The van der Waals surface area contributed by atoms with Crippen molar-refractivity contribution in [2.45, 2.75) is 12.6 Å². The van der Waals surface area contributed by atoms with Crippen molar-refractivity contribution < 1.29 is 10.2 Å². The Morgan fingerprint density at radius 2 is 1.48 bits per heavy atom. The van der Waals surface area contributed by atoms with E-state index in [4.69, 9.17) is 0 Å². The maximum atomic E-state index is 9.90. The topological polar surface area (TPSA) is 43.7 Å². The zero-order chi connectivity index (χ0) is 15.8. The largest absolute Gasteiger partial charge is 0.508 e. The van der Waals surface area contributed by atoms with Gasteiger partial charge in [0.25, 0.3) is 0 Å². The predicted octanol–water partition coefficient (Wildman–Crippen LogP) is 4.21. The Hall–Kier alpha value is -2.94. The van der Waals surface area contributed by atoms with Gasteiger partial charge in [-0.2, -0.15) is 0 Å². The minimum atomic E-state index is 0.0582. The Balaban J connectivity index is 1.84. The van der Waals surface area contributed by atoms with E-state index in [0.29, 0.717) is 0 Å². The monoisotopic (exact) mass is 303 g/mol. The summed E-state index contributed by atoms with van der Waals surface area (Å²) in [4.78, 5) is 2.29. The summed E-state index contributed by atoms with van der Waals surface area (Å²) in [7, 11) is 0. The zero-order valence-electron chi connectivity index (χ0n) is 12.6. The van der Waals surface area contributed by atoms with Crippen LogP contribution < -0.4 is 4.90 Å². The molecule has 1 aliphatic heterocycles. The molecule has 114 valence electrons. The fraction of sp³-hybridized carbons (Fsp3) is 0.100. The van der Waals surface area contributed by atoms with E-state index in [1.807, 2.05) is 42.5 Å². The van der Waals surface area contributed by atoms with Gasteiger partial charge in [-0.3, -0.25) is 0 Å². The normalized spacial score (nSPS) is 16.3. The first-order valence-corrected chi connectivity index (χ1v) is 7.65. The molecule has 0 saturated heterocycles. The van der Waals surface area contributed by atoms with Gasteiger partial charge in [-0.15, -0.1) is 0 Å². The average molecular weight is 303 g/mol. The van der Waals surface area contributed by atoms with Crippen LogP contribution in [0.15, 0.2) is 72.8 Å². The number of benzene rings is 3. The van der Waals surface area contributed by atoms with Gasteiger partial charge in [0.1, 0.15) is 11.5 Å². The number of anilines is 1. The lowest BCUT2D eigenvalue weighted by atomic mass is 9.97. The second kappa shape index (κ2) is 5.36. The number of phenolic OH excluding ortho intramolecular Hbond substituents is 2. The Bertz CT molecular complexity index is 828. The number of nitrogens with zero attached hydrogens (tertiary/aromatic N) is 1. The molecule has 0 spiro atoms. The Morgan fingerprint density at radius 1 is 0.783 bits per heavy atom. The third-order valence-corrected chi connectivity index (χ3v) is 4.37. The summed E-state index contributed by atoms with van der Waals surface area (Å²) in [6.07, 6.45) is 0. The molecule has 0 radical (unpaired) electrons. The molecule has 0 amide bonds. The molecule has 1 heterocycles. The van der Waals surface area contributed by atoms with Gasteiger partial charge in [0.05, 0.1) is 6.04 Å². The Kier molecular flexibility index (Phi) is 3.19. The summed E-state index contributed by atoms with van der Waals surface area (Å²) in [6.45, 7) is 0.778. The molecule has 4 rings (SSSR count). The van der Waals surface area contributed by atoms with E-state index in [2.05, 4.69) is 17.0 Å². The van der Waals surface area contributed by atoms with Crippen LogP contribution in [0.1, 0.15) is 22.7 Å². The van der Waals surface area contributed by atoms with Crippen LogP contribution in [-0.2, 0) is 6.54 Å². The number of phenols is 2. The highest BCUT2D eigenvalue weighted by atomic mass is 16.3. The molecular formula is C20H17NO2. The number of aromatic hydroxyl groups is 2. The molecule has 0 aromatic heterocycles. The summed E-state index contributed by atoms with van der Waals surface area (Å²) in [6, 6.07) is 23.2. The molecule has 1 unspecified atom stereocenters. The molecule has 3 nitrogen and oxygen atoms in total. The van der Waals surface area contributed by atoms with Gasteiger partial charge in [-0.05, 0) is 53.1 Å². The zero-order valence-corrected chi connectivity index (χ0v) is 12.6. The van der Waals surface area contributed by atoms with Gasteiger partial charge in [-0.1, -0.05) is 36.4 Å². The Morgan fingerprint density at radius 3 is 2.22 bits per heavy atom. The van der Waals surface area contributed by atoms with Crippen molar-refractivity contribution in [2.75, 3.05) is 4.90 Å². The quantitative estimate of drug-likeness (QED) is 0.745. The van der Waals surface area contributed by atoms with E-state index in [1.165, 1.54) is 11.1 Å². The molecule has 1 aliphatic rings.